The summed E-state index contributed by atoms with van der Waals surface area (Å²) in [5.74, 6) is -1.99. The van der Waals surface area contributed by atoms with Crippen LogP contribution in [0.5, 0.6) is 0 Å². The molecule has 1 fully saturated rings. The molecule has 0 amide bonds. The van der Waals surface area contributed by atoms with E-state index in [1.807, 2.05) is 39.8 Å². The summed E-state index contributed by atoms with van der Waals surface area (Å²) in [6, 6.07) is -0.145. The maximum atomic E-state index is 13.1. The van der Waals surface area contributed by atoms with E-state index in [4.69, 9.17) is 14.2 Å². The van der Waals surface area contributed by atoms with E-state index in [9.17, 15) is 19.8 Å². The molecule has 8 nitrogen and oxygen atoms in total. The van der Waals surface area contributed by atoms with Crippen molar-refractivity contribution < 1.29 is 34.0 Å². The van der Waals surface area contributed by atoms with E-state index in [-0.39, 0.29) is 35.7 Å². The molecule has 0 aliphatic carbocycles. The Balaban J connectivity index is 2.35. The lowest BCUT2D eigenvalue weighted by atomic mass is 9.84. The van der Waals surface area contributed by atoms with Crippen molar-refractivity contribution in [3.63, 3.8) is 0 Å². The largest absolute Gasteiger partial charge is 0.459 e. The highest BCUT2D eigenvalue weighted by atomic mass is 16.7. The maximum Gasteiger partial charge on any atom is 0.311 e. The van der Waals surface area contributed by atoms with E-state index in [1.54, 1.807) is 26.8 Å². The van der Waals surface area contributed by atoms with E-state index in [2.05, 4.69) is 0 Å². The van der Waals surface area contributed by atoms with Gasteiger partial charge in [-0.05, 0) is 59.7 Å². The number of ketones is 1. The number of cyclic esters (lactones) is 1. The highest BCUT2D eigenvalue weighted by Crippen LogP contribution is 2.32. The summed E-state index contributed by atoms with van der Waals surface area (Å²) in [5, 5.41) is 21.1. The first-order valence-corrected chi connectivity index (χ1v) is 12.1. The van der Waals surface area contributed by atoms with Gasteiger partial charge in [-0.15, -0.1) is 0 Å². The van der Waals surface area contributed by atoms with Gasteiger partial charge in [0.05, 0.1) is 24.2 Å². The molecular weight excluding hydrogens is 426 g/mol. The fourth-order valence-corrected chi connectivity index (χ4v) is 4.90. The SMILES string of the molecule is C[C@@H]1C[C@H](N(C)C)[C@@H](O)[C@H](O[C@H]2[C@@H](C)C[C@@H](C)C(=O)C=C[C@@H](C)[C@@H]([C@@H](C)O)OC(=O)[C@@H]2C)O1. The zero-order valence-electron chi connectivity index (χ0n) is 21.3. The number of rotatable bonds is 4. The van der Waals surface area contributed by atoms with Crippen molar-refractivity contribution in [2.24, 2.45) is 23.7 Å². The third-order valence-electron chi connectivity index (χ3n) is 7.01. The number of esters is 1. The molecule has 1 saturated heterocycles. The van der Waals surface area contributed by atoms with Crippen LogP contribution in [-0.2, 0) is 23.8 Å². The van der Waals surface area contributed by atoms with Crippen LogP contribution in [0.15, 0.2) is 12.2 Å². The van der Waals surface area contributed by atoms with E-state index >= 15 is 0 Å². The molecule has 33 heavy (non-hydrogen) atoms. The van der Waals surface area contributed by atoms with Crippen LogP contribution in [0.2, 0.25) is 0 Å². The fraction of sp³-hybridized carbons (Fsp3) is 0.840. The van der Waals surface area contributed by atoms with Gasteiger partial charge in [-0.2, -0.15) is 0 Å². The van der Waals surface area contributed by atoms with Crippen molar-refractivity contribution in [2.45, 2.75) is 97.2 Å². The van der Waals surface area contributed by atoms with Crippen molar-refractivity contribution in [2.75, 3.05) is 14.1 Å². The van der Waals surface area contributed by atoms with Crippen molar-refractivity contribution in [1.29, 1.82) is 0 Å². The third kappa shape index (κ3) is 7.09. The third-order valence-corrected chi connectivity index (χ3v) is 7.01. The highest BCUT2D eigenvalue weighted by Gasteiger charge is 2.43. The first-order valence-electron chi connectivity index (χ1n) is 12.1. The molecule has 2 aliphatic heterocycles. The Labute approximate surface area is 198 Å². The Hall–Kier alpha value is -1.32. The van der Waals surface area contributed by atoms with Gasteiger partial charge in [-0.1, -0.05) is 26.8 Å². The number of allylic oxidation sites excluding steroid dienone is 1. The van der Waals surface area contributed by atoms with Crippen molar-refractivity contribution in [3.05, 3.63) is 12.2 Å². The summed E-state index contributed by atoms with van der Waals surface area (Å²) in [5.41, 5.74) is 0. The van der Waals surface area contributed by atoms with Crippen LogP contribution >= 0.6 is 0 Å². The molecule has 11 atom stereocenters. The number of aliphatic hydroxyl groups excluding tert-OH is 2. The highest BCUT2D eigenvalue weighted by molar-refractivity contribution is 5.91. The van der Waals surface area contributed by atoms with E-state index in [0.717, 1.165) is 0 Å². The van der Waals surface area contributed by atoms with E-state index in [1.165, 1.54) is 6.08 Å². The number of aliphatic hydroxyl groups is 2. The lowest BCUT2D eigenvalue weighted by molar-refractivity contribution is -0.279. The summed E-state index contributed by atoms with van der Waals surface area (Å²) in [4.78, 5) is 27.8. The molecule has 8 heteroatoms. The summed E-state index contributed by atoms with van der Waals surface area (Å²) in [6.45, 7) is 10.8. The summed E-state index contributed by atoms with van der Waals surface area (Å²) in [7, 11) is 3.81. The van der Waals surface area contributed by atoms with Gasteiger partial charge in [0.15, 0.2) is 12.1 Å². The van der Waals surface area contributed by atoms with Crippen molar-refractivity contribution in [1.82, 2.24) is 4.90 Å². The Bertz CT molecular complexity index is 694. The van der Waals surface area contributed by atoms with Gasteiger partial charge in [0.1, 0.15) is 12.2 Å². The quantitative estimate of drug-likeness (QED) is 0.604. The van der Waals surface area contributed by atoms with Gasteiger partial charge in [0, 0.05) is 17.9 Å². The lowest BCUT2D eigenvalue weighted by Crippen LogP contribution is -2.56. The van der Waals surface area contributed by atoms with Crippen LogP contribution in [0.4, 0.5) is 0 Å². The van der Waals surface area contributed by atoms with Crippen LogP contribution in [0, 0.1) is 23.7 Å². The van der Waals surface area contributed by atoms with Gasteiger partial charge in [0.25, 0.3) is 0 Å². The second kappa shape index (κ2) is 11.9. The molecule has 2 rings (SSSR count). The van der Waals surface area contributed by atoms with Gasteiger partial charge in [-0.25, -0.2) is 0 Å². The molecule has 0 radical (unpaired) electrons. The lowest BCUT2D eigenvalue weighted by Gasteiger charge is -2.43. The van der Waals surface area contributed by atoms with Crippen molar-refractivity contribution >= 4 is 11.8 Å². The van der Waals surface area contributed by atoms with Crippen LogP contribution in [-0.4, -0.2) is 83.8 Å². The average Bonchev–Trinajstić information content (AvgIpc) is 2.73. The maximum absolute atomic E-state index is 13.1. The Morgan fingerprint density at radius 1 is 1.12 bits per heavy atom. The molecule has 0 spiro atoms. The normalized spacial score (nSPS) is 42.4. The van der Waals surface area contributed by atoms with Gasteiger partial charge < -0.3 is 29.3 Å². The predicted octanol–water partition coefficient (Wildman–Crippen LogP) is 2.16. The topological polar surface area (TPSA) is 106 Å². The predicted molar refractivity (Wildman–Crippen MR) is 124 cm³/mol. The molecule has 0 saturated carbocycles. The number of ether oxygens (including phenoxy) is 3. The first-order chi connectivity index (χ1) is 15.3. The minimum atomic E-state index is -0.908. The van der Waals surface area contributed by atoms with Crippen LogP contribution in [0.25, 0.3) is 0 Å². The summed E-state index contributed by atoms with van der Waals surface area (Å²) >= 11 is 0. The molecule has 0 bridgehead atoms. The zero-order valence-corrected chi connectivity index (χ0v) is 21.3. The number of carbonyl (C=O) groups is 2. The standard InChI is InChI=1S/C25H43NO7/c1-13-9-10-20(28)14(2)11-15(3)22(17(5)24(30)32-23(13)18(6)27)33-25-21(29)19(26(7)8)12-16(4)31-25/h9-10,13-19,21-23,25,27,29H,11-12H2,1-8H3/t13-,14-,15+,16-,17-,18-,19+,21-,22+,23+,25+/m1/s1. The van der Waals surface area contributed by atoms with E-state index < -0.39 is 42.6 Å². The number of likely N-dealkylation sites (N-methyl/N-ethyl adjacent to an activating group) is 1. The Morgan fingerprint density at radius 2 is 1.76 bits per heavy atom. The minimum Gasteiger partial charge on any atom is -0.459 e. The molecular formula is C25H43NO7. The molecule has 190 valence electrons. The number of carbonyl (C=O) groups excluding carboxylic acids is 2. The van der Waals surface area contributed by atoms with Crippen LogP contribution in [0.1, 0.15) is 54.4 Å². The summed E-state index contributed by atoms with van der Waals surface area (Å²) in [6.07, 6.45) is 0.131. The fourth-order valence-electron chi connectivity index (χ4n) is 4.90. The molecule has 2 heterocycles. The Kier molecular flexibility index (Phi) is 10.1. The van der Waals surface area contributed by atoms with E-state index in [0.29, 0.717) is 12.8 Å². The molecule has 0 unspecified atom stereocenters. The molecule has 0 aromatic carbocycles. The monoisotopic (exact) mass is 469 g/mol. The smallest absolute Gasteiger partial charge is 0.311 e. The first kappa shape index (κ1) is 27.9. The van der Waals surface area contributed by atoms with Gasteiger partial charge in [0.2, 0.25) is 0 Å². The zero-order chi connectivity index (χ0) is 25.0. The van der Waals surface area contributed by atoms with Gasteiger partial charge in [-0.3, -0.25) is 9.59 Å². The second-order valence-corrected chi connectivity index (χ2v) is 10.3. The molecule has 2 N–H and O–H groups in total. The molecule has 0 aromatic heterocycles. The minimum absolute atomic E-state index is 0.0217. The Morgan fingerprint density at radius 3 is 2.33 bits per heavy atom. The average molecular weight is 470 g/mol. The molecule has 2 aliphatic rings. The summed E-state index contributed by atoms with van der Waals surface area (Å²) < 4.78 is 18.0. The van der Waals surface area contributed by atoms with Crippen LogP contribution < -0.4 is 0 Å². The number of hydrogen-bond acceptors (Lipinski definition) is 8. The number of hydrogen-bond donors (Lipinski definition) is 2. The van der Waals surface area contributed by atoms with Crippen LogP contribution in [0.3, 0.4) is 0 Å². The van der Waals surface area contributed by atoms with Gasteiger partial charge >= 0.3 is 5.97 Å². The second-order valence-electron chi connectivity index (χ2n) is 10.3. The molecule has 0 aromatic rings. The van der Waals surface area contributed by atoms with Crippen molar-refractivity contribution in [3.8, 4) is 0 Å². The number of nitrogens with zero attached hydrogens (tertiary/aromatic N) is 1.